The van der Waals surface area contributed by atoms with Gasteiger partial charge in [0.1, 0.15) is 18.0 Å². The highest BCUT2D eigenvalue weighted by Gasteiger charge is 2.51. The zero-order valence-electron chi connectivity index (χ0n) is 20.7. The Labute approximate surface area is 219 Å². The van der Waals surface area contributed by atoms with Crippen molar-refractivity contribution in [3.05, 3.63) is 65.2 Å². The number of hydrogen-bond acceptors (Lipinski definition) is 8. The van der Waals surface area contributed by atoms with Gasteiger partial charge >= 0.3 is 0 Å². The van der Waals surface area contributed by atoms with E-state index in [4.69, 9.17) is 18.9 Å². The fourth-order valence-corrected chi connectivity index (χ4v) is 5.72. The molecule has 3 N–H and O–H groups in total. The Bertz CT molecular complexity index is 1260. The molecule has 0 bridgehead atoms. The first-order valence-corrected chi connectivity index (χ1v) is 12.9. The van der Waals surface area contributed by atoms with Crippen molar-refractivity contribution in [2.24, 2.45) is 5.92 Å². The van der Waals surface area contributed by atoms with Crippen LogP contribution in [0.4, 0.5) is 0 Å². The monoisotopic (exact) mass is 522 g/mol. The molecule has 2 aromatic rings. The van der Waals surface area contributed by atoms with E-state index in [0.29, 0.717) is 42.5 Å². The van der Waals surface area contributed by atoms with Crippen LogP contribution in [0.2, 0.25) is 0 Å². The summed E-state index contributed by atoms with van der Waals surface area (Å²) in [6, 6.07) is 12.0. The molecule has 4 aliphatic rings. The third kappa shape index (κ3) is 4.38. The molecule has 2 amide bonds. The van der Waals surface area contributed by atoms with Crippen LogP contribution in [0.25, 0.3) is 0 Å². The molecular weight excluding hydrogens is 492 g/mol. The number of aliphatic hydroxyl groups excluding tert-OH is 2. The molecule has 1 unspecified atom stereocenters. The van der Waals surface area contributed by atoms with Crippen LogP contribution in [0.3, 0.4) is 0 Å². The van der Waals surface area contributed by atoms with E-state index < -0.39 is 24.2 Å². The van der Waals surface area contributed by atoms with Gasteiger partial charge in [-0.2, -0.15) is 0 Å². The first-order valence-electron chi connectivity index (χ1n) is 12.9. The van der Waals surface area contributed by atoms with Gasteiger partial charge < -0.3 is 39.4 Å². The molecule has 10 heteroatoms. The van der Waals surface area contributed by atoms with E-state index in [0.717, 1.165) is 11.1 Å². The maximum Gasteiger partial charge on any atom is 0.247 e. The van der Waals surface area contributed by atoms with Crippen molar-refractivity contribution in [3.63, 3.8) is 0 Å². The first kappa shape index (κ1) is 24.7. The van der Waals surface area contributed by atoms with E-state index in [1.807, 2.05) is 36.4 Å². The maximum absolute atomic E-state index is 13.9. The summed E-state index contributed by atoms with van der Waals surface area (Å²) in [7, 11) is 0. The van der Waals surface area contributed by atoms with Crippen molar-refractivity contribution >= 4 is 11.8 Å². The number of carbonyl (C=O) groups is 2. The Balaban J connectivity index is 1.39. The van der Waals surface area contributed by atoms with E-state index in [9.17, 15) is 19.8 Å². The van der Waals surface area contributed by atoms with E-state index in [1.54, 1.807) is 17.0 Å². The number of nitrogens with zero attached hydrogens (tertiary/aromatic N) is 1. The van der Waals surface area contributed by atoms with Crippen LogP contribution in [0.5, 0.6) is 17.2 Å². The Hall–Kier alpha value is -3.60. The Morgan fingerprint density at radius 2 is 1.92 bits per heavy atom. The number of fused-ring (bicyclic) bond motifs is 4. The second-order valence-corrected chi connectivity index (χ2v) is 9.89. The first-order chi connectivity index (χ1) is 18.5. The maximum atomic E-state index is 13.9. The number of para-hydroxylation sites is 1. The molecule has 200 valence electrons. The molecule has 10 nitrogen and oxygen atoms in total. The van der Waals surface area contributed by atoms with Gasteiger partial charge in [0.2, 0.25) is 18.6 Å². The molecule has 3 aliphatic heterocycles. The lowest BCUT2D eigenvalue weighted by atomic mass is 9.77. The summed E-state index contributed by atoms with van der Waals surface area (Å²) in [6.45, 7) is 1.000. The normalized spacial score (nSPS) is 26.7. The molecule has 38 heavy (non-hydrogen) atoms. The van der Waals surface area contributed by atoms with Crippen LogP contribution in [-0.2, 0) is 20.9 Å². The van der Waals surface area contributed by atoms with Crippen LogP contribution in [0.15, 0.2) is 54.1 Å². The van der Waals surface area contributed by atoms with Crippen LogP contribution >= 0.6 is 0 Å². The largest absolute Gasteiger partial charge is 0.486 e. The molecule has 0 radical (unpaired) electrons. The number of rotatable bonds is 7. The van der Waals surface area contributed by atoms with Gasteiger partial charge in [0.15, 0.2) is 11.5 Å². The standard InChI is InChI=1S/C28H30N2O8/c31-9-8-29-27(33)19-12-20(25(32)26-24(19)18-3-1-2-4-21(18)38-26)30(28(34)17-7-10-35-14-17)13-16-5-6-22-23(11-16)37-15-36-22/h1-6,11-12,17,20,24-26,31-32H,7-10,13-15H2,(H,29,33)/t17?,20-,24+,25+,26+/m1/s1. The van der Waals surface area contributed by atoms with Crippen LogP contribution in [-0.4, -0.2) is 78.3 Å². The van der Waals surface area contributed by atoms with Gasteiger partial charge in [-0.3, -0.25) is 9.59 Å². The summed E-state index contributed by atoms with van der Waals surface area (Å²) in [5.74, 6) is 0.439. The highest BCUT2D eigenvalue weighted by atomic mass is 16.7. The van der Waals surface area contributed by atoms with Crippen molar-refractivity contribution < 1.29 is 38.7 Å². The van der Waals surface area contributed by atoms with E-state index in [-0.39, 0.29) is 44.2 Å². The molecular formula is C28H30N2O8. The Morgan fingerprint density at radius 3 is 2.74 bits per heavy atom. The molecule has 0 aromatic heterocycles. The van der Waals surface area contributed by atoms with Gasteiger partial charge in [-0.15, -0.1) is 0 Å². The summed E-state index contributed by atoms with van der Waals surface area (Å²) in [5.41, 5.74) is 2.00. The third-order valence-corrected chi connectivity index (χ3v) is 7.59. The molecule has 1 fully saturated rings. The minimum absolute atomic E-state index is 0.0859. The van der Waals surface area contributed by atoms with E-state index >= 15 is 0 Å². The molecule has 6 rings (SSSR count). The molecule has 2 aromatic carbocycles. The molecule has 0 spiro atoms. The second-order valence-electron chi connectivity index (χ2n) is 9.89. The van der Waals surface area contributed by atoms with Crippen LogP contribution < -0.4 is 19.5 Å². The lowest BCUT2D eigenvalue weighted by molar-refractivity contribution is -0.142. The number of amides is 2. The highest BCUT2D eigenvalue weighted by molar-refractivity contribution is 5.96. The molecule has 1 aliphatic carbocycles. The van der Waals surface area contributed by atoms with Crippen molar-refractivity contribution in [1.29, 1.82) is 0 Å². The zero-order chi connectivity index (χ0) is 26.2. The average molecular weight is 523 g/mol. The third-order valence-electron chi connectivity index (χ3n) is 7.59. The number of ether oxygens (including phenoxy) is 4. The fourth-order valence-electron chi connectivity index (χ4n) is 5.72. The predicted octanol–water partition coefficient (Wildman–Crippen LogP) is 1.10. The molecule has 0 saturated carbocycles. The van der Waals surface area contributed by atoms with Crippen molar-refractivity contribution in [1.82, 2.24) is 10.2 Å². The van der Waals surface area contributed by atoms with E-state index in [1.165, 1.54) is 0 Å². The van der Waals surface area contributed by atoms with Gasteiger partial charge in [-0.1, -0.05) is 24.3 Å². The topological polar surface area (TPSA) is 127 Å². The number of aliphatic hydroxyl groups is 2. The second kappa shape index (κ2) is 10.3. The van der Waals surface area contributed by atoms with Crippen LogP contribution in [0.1, 0.15) is 23.5 Å². The minimum atomic E-state index is -1.10. The highest BCUT2D eigenvalue weighted by Crippen LogP contribution is 2.47. The lowest BCUT2D eigenvalue weighted by Crippen LogP contribution is -2.56. The summed E-state index contributed by atoms with van der Waals surface area (Å²) in [6.07, 6.45) is 0.414. The molecule has 5 atom stereocenters. The van der Waals surface area contributed by atoms with Gasteiger partial charge in [0.05, 0.1) is 31.1 Å². The summed E-state index contributed by atoms with van der Waals surface area (Å²) >= 11 is 0. The lowest BCUT2D eigenvalue weighted by Gasteiger charge is -2.41. The molecule has 3 heterocycles. The van der Waals surface area contributed by atoms with Gasteiger partial charge in [-0.25, -0.2) is 0 Å². The van der Waals surface area contributed by atoms with E-state index in [2.05, 4.69) is 5.32 Å². The van der Waals surface area contributed by atoms with Crippen LogP contribution in [0, 0.1) is 5.92 Å². The van der Waals surface area contributed by atoms with Crippen molar-refractivity contribution in [2.45, 2.75) is 37.1 Å². The van der Waals surface area contributed by atoms with Crippen molar-refractivity contribution in [3.8, 4) is 17.2 Å². The predicted molar refractivity (Wildman–Crippen MR) is 134 cm³/mol. The van der Waals surface area contributed by atoms with Gasteiger partial charge in [-0.05, 0) is 36.3 Å². The fraction of sp³-hybridized carbons (Fsp3) is 0.429. The van der Waals surface area contributed by atoms with Gasteiger partial charge in [0, 0.05) is 30.8 Å². The summed E-state index contributed by atoms with van der Waals surface area (Å²) < 4.78 is 22.6. The van der Waals surface area contributed by atoms with Crippen molar-refractivity contribution in [2.75, 3.05) is 33.2 Å². The molecule has 1 saturated heterocycles. The number of benzene rings is 2. The Morgan fingerprint density at radius 1 is 1.08 bits per heavy atom. The number of nitrogens with one attached hydrogen (secondary N) is 1. The quantitative estimate of drug-likeness (QED) is 0.494. The Kier molecular flexibility index (Phi) is 6.69. The average Bonchev–Trinajstić information content (AvgIpc) is 3.70. The SMILES string of the molecule is O=C(NCCO)C1=C[C@@H](N(Cc2ccc3c(c2)OCO3)C(=O)C2CCOC2)[C@H](O)[C@H]2Oc3ccccc3[C@@H]12. The summed E-state index contributed by atoms with van der Waals surface area (Å²) in [4.78, 5) is 28.8. The smallest absolute Gasteiger partial charge is 0.247 e. The number of carbonyl (C=O) groups excluding carboxylic acids is 2. The summed E-state index contributed by atoms with van der Waals surface area (Å²) in [5, 5.41) is 23.7. The van der Waals surface area contributed by atoms with Gasteiger partial charge in [0.25, 0.3) is 0 Å². The minimum Gasteiger partial charge on any atom is -0.486 e. The number of hydrogen-bond donors (Lipinski definition) is 3. The zero-order valence-corrected chi connectivity index (χ0v) is 20.7.